The van der Waals surface area contributed by atoms with Gasteiger partial charge in [0.25, 0.3) is 21.8 Å². The van der Waals surface area contributed by atoms with E-state index in [4.69, 9.17) is 0 Å². The number of hydrogen-bond acceptors (Lipinski definition) is 6. The van der Waals surface area contributed by atoms with E-state index < -0.39 is 21.8 Å². The number of thiophene rings is 1. The lowest BCUT2D eigenvalue weighted by molar-refractivity contribution is -0.120. The third-order valence-corrected chi connectivity index (χ3v) is 8.44. The highest BCUT2D eigenvalue weighted by Crippen LogP contribution is 2.28. The van der Waals surface area contributed by atoms with Gasteiger partial charge < -0.3 is 5.32 Å². The van der Waals surface area contributed by atoms with Crippen molar-refractivity contribution in [1.29, 1.82) is 0 Å². The number of nitrogens with zero attached hydrogens (tertiary/aromatic N) is 2. The number of nitrogens with one attached hydrogen (secondary N) is 1. The molecule has 152 valence electrons. The molecule has 2 aliphatic rings. The first-order valence-electron chi connectivity index (χ1n) is 9.10. The Morgan fingerprint density at radius 2 is 1.93 bits per heavy atom. The summed E-state index contributed by atoms with van der Waals surface area (Å²) < 4.78 is 27.1. The molecule has 29 heavy (non-hydrogen) atoms. The van der Waals surface area contributed by atoms with Crippen LogP contribution in [0, 0.1) is 5.92 Å². The number of hydrogen-bond donors (Lipinski definition) is 1. The summed E-state index contributed by atoms with van der Waals surface area (Å²) in [6.07, 6.45) is 1.16. The minimum atomic E-state index is -3.60. The van der Waals surface area contributed by atoms with Gasteiger partial charge in [-0.3, -0.25) is 19.3 Å². The fourth-order valence-corrected chi connectivity index (χ4v) is 6.26. The SMILES string of the molecule is CN1C(=O)c2ccc(NC(=O)C3CCCN(S(=O)(=O)c4cccs4)C3)cc2C1=O. The average Bonchev–Trinajstić information content (AvgIpc) is 3.33. The van der Waals surface area contributed by atoms with E-state index >= 15 is 0 Å². The molecule has 1 saturated heterocycles. The van der Waals surface area contributed by atoms with Crippen LogP contribution in [0.15, 0.2) is 39.9 Å². The van der Waals surface area contributed by atoms with Crippen molar-refractivity contribution in [2.24, 2.45) is 5.92 Å². The number of piperidine rings is 1. The molecule has 0 aliphatic carbocycles. The van der Waals surface area contributed by atoms with Crippen LogP contribution in [0.1, 0.15) is 33.6 Å². The van der Waals surface area contributed by atoms with E-state index in [0.29, 0.717) is 30.6 Å². The van der Waals surface area contributed by atoms with Crippen molar-refractivity contribution in [1.82, 2.24) is 9.21 Å². The molecule has 0 bridgehead atoms. The number of imide groups is 1. The molecule has 1 N–H and O–H groups in total. The van der Waals surface area contributed by atoms with Gasteiger partial charge in [0.1, 0.15) is 4.21 Å². The van der Waals surface area contributed by atoms with Crippen molar-refractivity contribution in [3.63, 3.8) is 0 Å². The Bertz CT molecular complexity index is 1100. The van der Waals surface area contributed by atoms with Crippen molar-refractivity contribution < 1.29 is 22.8 Å². The minimum absolute atomic E-state index is 0.108. The zero-order valence-corrected chi connectivity index (χ0v) is 17.3. The molecule has 2 aliphatic heterocycles. The van der Waals surface area contributed by atoms with Gasteiger partial charge in [0, 0.05) is 25.8 Å². The lowest BCUT2D eigenvalue weighted by atomic mass is 9.98. The highest BCUT2D eigenvalue weighted by molar-refractivity contribution is 7.91. The first-order valence-corrected chi connectivity index (χ1v) is 11.4. The van der Waals surface area contributed by atoms with Crippen LogP contribution in [0.3, 0.4) is 0 Å². The molecule has 0 saturated carbocycles. The molecule has 1 aromatic heterocycles. The van der Waals surface area contributed by atoms with E-state index in [1.807, 2.05) is 0 Å². The number of amides is 3. The molecule has 3 amide bonds. The molecule has 1 fully saturated rings. The fraction of sp³-hybridized carbons (Fsp3) is 0.316. The van der Waals surface area contributed by atoms with Crippen LogP contribution in [0.2, 0.25) is 0 Å². The van der Waals surface area contributed by atoms with Crippen molar-refractivity contribution >= 4 is 44.8 Å². The van der Waals surface area contributed by atoms with E-state index in [2.05, 4.69) is 5.32 Å². The number of benzene rings is 1. The highest BCUT2D eigenvalue weighted by atomic mass is 32.2. The summed E-state index contributed by atoms with van der Waals surface area (Å²) in [5.74, 6) is -1.58. The second kappa shape index (κ2) is 7.36. The molecule has 2 aromatic rings. The Labute approximate surface area is 172 Å². The van der Waals surface area contributed by atoms with Gasteiger partial charge in [-0.2, -0.15) is 4.31 Å². The number of fused-ring (bicyclic) bond motifs is 1. The van der Waals surface area contributed by atoms with Gasteiger partial charge in [-0.25, -0.2) is 8.42 Å². The van der Waals surface area contributed by atoms with Crippen molar-refractivity contribution in [3.05, 3.63) is 46.8 Å². The highest BCUT2D eigenvalue weighted by Gasteiger charge is 2.35. The van der Waals surface area contributed by atoms with Crippen LogP contribution < -0.4 is 5.32 Å². The molecular weight excluding hydrogens is 414 g/mol. The topological polar surface area (TPSA) is 104 Å². The summed E-state index contributed by atoms with van der Waals surface area (Å²) in [4.78, 5) is 37.9. The van der Waals surface area contributed by atoms with Gasteiger partial charge in [-0.15, -0.1) is 11.3 Å². The maximum atomic E-state index is 12.7. The van der Waals surface area contributed by atoms with Crippen LogP contribution in [0.25, 0.3) is 0 Å². The van der Waals surface area contributed by atoms with Crippen LogP contribution in [0.4, 0.5) is 5.69 Å². The van der Waals surface area contributed by atoms with Gasteiger partial charge in [0.2, 0.25) is 5.91 Å². The van der Waals surface area contributed by atoms with Gasteiger partial charge >= 0.3 is 0 Å². The van der Waals surface area contributed by atoms with E-state index in [9.17, 15) is 22.8 Å². The number of carbonyl (C=O) groups excluding carboxylic acids is 3. The maximum absolute atomic E-state index is 12.7. The summed E-state index contributed by atoms with van der Waals surface area (Å²) in [5.41, 5.74) is 0.964. The first-order chi connectivity index (χ1) is 13.8. The first kappa shape index (κ1) is 19.7. The molecule has 4 rings (SSSR count). The normalized spacial score (nSPS) is 20.0. The lowest BCUT2D eigenvalue weighted by Gasteiger charge is -2.30. The summed E-state index contributed by atoms with van der Waals surface area (Å²) >= 11 is 1.15. The molecule has 1 aromatic carbocycles. The Balaban J connectivity index is 1.48. The minimum Gasteiger partial charge on any atom is -0.326 e. The zero-order valence-electron chi connectivity index (χ0n) is 15.6. The second-order valence-corrected chi connectivity index (χ2v) is 10.2. The smallest absolute Gasteiger partial charge is 0.261 e. The lowest BCUT2D eigenvalue weighted by Crippen LogP contribution is -2.43. The van der Waals surface area contributed by atoms with Crippen molar-refractivity contribution in [2.75, 3.05) is 25.5 Å². The summed E-state index contributed by atoms with van der Waals surface area (Å²) in [5, 5.41) is 4.47. The molecule has 0 radical (unpaired) electrons. The summed E-state index contributed by atoms with van der Waals surface area (Å²) in [6.45, 7) is 0.489. The molecule has 0 spiro atoms. The van der Waals surface area contributed by atoms with Crippen LogP contribution in [-0.4, -0.2) is 55.5 Å². The Morgan fingerprint density at radius 1 is 1.17 bits per heavy atom. The van der Waals surface area contributed by atoms with Gasteiger partial charge in [0.15, 0.2) is 0 Å². The van der Waals surface area contributed by atoms with Gasteiger partial charge in [-0.1, -0.05) is 6.07 Å². The number of sulfonamides is 1. The van der Waals surface area contributed by atoms with Crippen LogP contribution in [0.5, 0.6) is 0 Å². The fourth-order valence-electron chi connectivity index (χ4n) is 3.60. The third kappa shape index (κ3) is 3.47. The molecule has 1 atom stereocenters. The number of carbonyl (C=O) groups is 3. The number of rotatable bonds is 4. The molecule has 3 heterocycles. The Morgan fingerprint density at radius 3 is 2.66 bits per heavy atom. The number of anilines is 1. The van der Waals surface area contributed by atoms with Crippen molar-refractivity contribution in [2.45, 2.75) is 17.1 Å². The van der Waals surface area contributed by atoms with Crippen LogP contribution in [-0.2, 0) is 14.8 Å². The average molecular weight is 434 g/mol. The predicted molar refractivity (Wildman–Crippen MR) is 107 cm³/mol. The Kier molecular flexibility index (Phi) is 5.01. The monoisotopic (exact) mass is 433 g/mol. The van der Waals surface area contributed by atoms with Crippen molar-refractivity contribution in [3.8, 4) is 0 Å². The quantitative estimate of drug-likeness (QED) is 0.743. The molecular formula is C19H19N3O5S2. The molecule has 10 heteroatoms. The van der Waals surface area contributed by atoms with E-state index in [-0.39, 0.29) is 28.1 Å². The van der Waals surface area contributed by atoms with E-state index in [1.165, 1.54) is 23.5 Å². The van der Waals surface area contributed by atoms with Gasteiger partial charge in [-0.05, 0) is 42.5 Å². The predicted octanol–water partition coefficient (Wildman–Crippen LogP) is 2.01. The van der Waals surface area contributed by atoms with E-state index in [1.54, 1.807) is 23.6 Å². The molecule has 1 unspecified atom stereocenters. The second-order valence-electron chi connectivity index (χ2n) is 7.05. The zero-order chi connectivity index (χ0) is 20.8. The summed E-state index contributed by atoms with van der Waals surface area (Å²) in [7, 11) is -2.19. The third-order valence-electron chi connectivity index (χ3n) is 5.20. The van der Waals surface area contributed by atoms with E-state index in [0.717, 1.165) is 16.2 Å². The molecule has 8 nitrogen and oxygen atoms in total. The standard InChI is InChI=1S/C19H19N3O5S2/c1-21-18(24)14-7-6-13(10-15(14)19(21)25)20-17(23)12-4-2-8-22(11-12)29(26,27)16-5-3-9-28-16/h3,5-7,9-10,12H,2,4,8,11H2,1H3,(H,20,23). The van der Waals surface area contributed by atoms with Gasteiger partial charge in [0.05, 0.1) is 17.0 Å². The summed E-state index contributed by atoms with van der Waals surface area (Å²) in [6, 6.07) is 7.82. The largest absolute Gasteiger partial charge is 0.326 e. The Hall–Kier alpha value is -2.56. The van der Waals surface area contributed by atoms with Crippen LogP contribution >= 0.6 is 11.3 Å². The maximum Gasteiger partial charge on any atom is 0.261 e.